The van der Waals surface area contributed by atoms with Gasteiger partial charge in [0.1, 0.15) is 5.75 Å². The maximum atomic E-state index is 12.7. The third kappa shape index (κ3) is 5.05. The summed E-state index contributed by atoms with van der Waals surface area (Å²) in [6, 6.07) is 20.1. The summed E-state index contributed by atoms with van der Waals surface area (Å²) in [5, 5.41) is 11.7. The number of anilines is 2. The first-order chi connectivity index (χ1) is 17.5. The van der Waals surface area contributed by atoms with Gasteiger partial charge in [-0.3, -0.25) is 19.4 Å². The largest absolute Gasteiger partial charge is 0.482 e. The molecule has 0 saturated carbocycles. The van der Waals surface area contributed by atoms with E-state index in [1.807, 2.05) is 49.4 Å². The first-order valence-corrected chi connectivity index (χ1v) is 11.6. The van der Waals surface area contributed by atoms with Crippen molar-refractivity contribution in [2.75, 3.05) is 17.2 Å². The molecule has 36 heavy (non-hydrogen) atoms. The molecule has 5 rings (SSSR count). The van der Waals surface area contributed by atoms with Crippen LogP contribution in [0.3, 0.4) is 0 Å². The molecule has 9 nitrogen and oxygen atoms in total. The molecule has 3 aromatic carbocycles. The molecule has 2 aliphatic rings. The summed E-state index contributed by atoms with van der Waals surface area (Å²) in [4.78, 5) is 41.1. The van der Waals surface area contributed by atoms with Crippen LogP contribution in [0.5, 0.6) is 5.75 Å². The number of amidine groups is 1. The fourth-order valence-electron chi connectivity index (χ4n) is 4.05. The summed E-state index contributed by atoms with van der Waals surface area (Å²) in [5.74, 6) is 0.165. The maximum Gasteiger partial charge on any atom is 0.286 e. The lowest BCUT2D eigenvalue weighted by Crippen LogP contribution is -2.37. The zero-order valence-corrected chi connectivity index (χ0v) is 19.6. The summed E-state index contributed by atoms with van der Waals surface area (Å²) in [5.41, 5.74) is 4.71. The number of hydrogen-bond donors (Lipinski definition) is 4. The van der Waals surface area contributed by atoms with Crippen LogP contribution < -0.4 is 26.0 Å². The van der Waals surface area contributed by atoms with Crippen LogP contribution in [0.4, 0.5) is 11.4 Å². The number of benzene rings is 3. The Morgan fingerprint density at radius 3 is 2.67 bits per heavy atom. The van der Waals surface area contributed by atoms with E-state index in [-0.39, 0.29) is 42.8 Å². The third-order valence-electron chi connectivity index (χ3n) is 6.02. The summed E-state index contributed by atoms with van der Waals surface area (Å²) in [6.45, 7) is 2.55. The average Bonchev–Trinajstić information content (AvgIpc) is 2.91. The minimum absolute atomic E-state index is 0.00121. The van der Waals surface area contributed by atoms with Gasteiger partial charge in [0.2, 0.25) is 0 Å². The first kappa shape index (κ1) is 23.1. The van der Waals surface area contributed by atoms with Gasteiger partial charge in [0.25, 0.3) is 17.7 Å². The maximum absolute atomic E-state index is 12.7. The van der Waals surface area contributed by atoms with Gasteiger partial charge in [0.05, 0.1) is 18.3 Å². The van der Waals surface area contributed by atoms with Gasteiger partial charge in [-0.2, -0.15) is 0 Å². The van der Waals surface area contributed by atoms with Gasteiger partial charge in [-0.1, -0.05) is 30.3 Å². The number of nitrogens with one attached hydrogen (secondary N) is 4. The number of ether oxygens (including phenoxy) is 1. The molecular weight excluding hydrogens is 458 g/mol. The van der Waals surface area contributed by atoms with E-state index in [1.54, 1.807) is 24.3 Å². The molecule has 0 radical (unpaired) electrons. The highest BCUT2D eigenvalue weighted by Crippen LogP contribution is 2.28. The Morgan fingerprint density at radius 2 is 1.83 bits per heavy atom. The minimum Gasteiger partial charge on any atom is -0.482 e. The van der Waals surface area contributed by atoms with Crippen molar-refractivity contribution in [3.05, 3.63) is 89.0 Å². The Hall–Kier alpha value is -4.66. The zero-order chi connectivity index (χ0) is 25.1. The monoisotopic (exact) mass is 483 g/mol. The Bertz CT molecular complexity index is 1370. The first-order valence-electron chi connectivity index (χ1n) is 11.6. The third-order valence-corrected chi connectivity index (χ3v) is 6.02. The van der Waals surface area contributed by atoms with Crippen molar-refractivity contribution < 1.29 is 19.1 Å². The number of carbonyl (C=O) groups is 3. The van der Waals surface area contributed by atoms with E-state index in [9.17, 15) is 14.4 Å². The lowest BCUT2D eigenvalue weighted by molar-refractivity contribution is -0.118. The van der Waals surface area contributed by atoms with E-state index in [0.717, 1.165) is 22.4 Å². The van der Waals surface area contributed by atoms with Crippen molar-refractivity contribution in [3.63, 3.8) is 0 Å². The van der Waals surface area contributed by atoms with Crippen molar-refractivity contribution >= 4 is 34.9 Å². The van der Waals surface area contributed by atoms with Crippen molar-refractivity contribution in [2.45, 2.75) is 26.1 Å². The van der Waals surface area contributed by atoms with Crippen LogP contribution >= 0.6 is 0 Å². The highest BCUT2D eigenvalue weighted by atomic mass is 16.5. The summed E-state index contributed by atoms with van der Waals surface area (Å²) >= 11 is 0. The van der Waals surface area contributed by atoms with Crippen LogP contribution in [0.15, 0.2) is 71.7 Å². The molecule has 9 heteroatoms. The molecule has 0 fully saturated rings. The molecule has 0 aliphatic carbocycles. The summed E-state index contributed by atoms with van der Waals surface area (Å²) in [6.07, 6.45) is 0. The number of rotatable bonds is 6. The second-order valence-electron chi connectivity index (χ2n) is 8.62. The number of amides is 3. The Kier molecular flexibility index (Phi) is 6.36. The number of hydrogen-bond acceptors (Lipinski definition) is 6. The second-order valence-corrected chi connectivity index (χ2v) is 8.62. The molecule has 0 bridgehead atoms. The number of nitrogens with zero attached hydrogens (tertiary/aromatic N) is 1. The van der Waals surface area contributed by atoms with Gasteiger partial charge in [0, 0.05) is 17.8 Å². The zero-order valence-electron chi connectivity index (χ0n) is 19.6. The Balaban J connectivity index is 1.19. The fraction of sp³-hybridized carbons (Fsp3) is 0.185. The molecule has 0 aromatic heterocycles. The standard InChI is InChI=1S/C27H25N5O4/c1-16(30-26(34)18-5-3-2-4-6-18)19-8-9-21-20(12-19)14-28-25(32-21)27(35)29-13-17-7-10-23-22(11-17)31-24(33)15-36-23/h2-12,16H,13-15H2,1H3,(H,28,32)(H,29,35)(H,30,34)(H,31,33)/t16-/m0/s1. The fourth-order valence-corrected chi connectivity index (χ4v) is 4.05. The van der Waals surface area contributed by atoms with E-state index in [1.165, 1.54) is 0 Å². The SMILES string of the molecule is C[C@H](NC(=O)c1ccccc1)c1ccc2c(c1)CN=C(C(=O)NCc1ccc3c(c1)NC(=O)CO3)N2. The highest BCUT2D eigenvalue weighted by molar-refractivity contribution is 6.42. The van der Waals surface area contributed by atoms with Gasteiger partial charge < -0.3 is 26.0 Å². The molecule has 4 N–H and O–H groups in total. The van der Waals surface area contributed by atoms with Gasteiger partial charge in [-0.15, -0.1) is 0 Å². The summed E-state index contributed by atoms with van der Waals surface area (Å²) in [7, 11) is 0. The van der Waals surface area contributed by atoms with E-state index in [2.05, 4.69) is 26.3 Å². The molecule has 0 spiro atoms. The molecule has 0 unspecified atom stereocenters. The Labute approximate surface area is 208 Å². The topological polar surface area (TPSA) is 121 Å². The molecule has 0 saturated heterocycles. The average molecular weight is 484 g/mol. The van der Waals surface area contributed by atoms with Crippen LogP contribution in [-0.4, -0.2) is 30.2 Å². The molecule has 1 atom stereocenters. The van der Waals surface area contributed by atoms with E-state index < -0.39 is 0 Å². The number of carbonyl (C=O) groups excluding carboxylic acids is 3. The van der Waals surface area contributed by atoms with Gasteiger partial charge >= 0.3 is 0 Å². The van der Waals surface area contributed by atoms with Crippen molar-refractivity contribution in [3.8, 4) is 5.75 Å². The molecule has 2 heterocycles. The predicted octanol–water partition coefficient (Wildman–Crippen LogP) is 3.15. The Morgan fingerprint density at radius 1 is 1.00 bits per heavy atom. The van der Waals surface area contributed by atoms with Crippen LogP contribution in [0.2, 0.25) is 0 Å². The van der Waals surface area contributed by atoms with Crippen LogP contribution in [0, 0.1) is 0 Å². The van der Waals surface area contributed by atoms with Crippen molar-refractivity contribution in [1.82, 2.24) is 10.6 Å². The van der Waals surface area contributed by atoms with E-state index >= 15 is 0 Å². The number of aliphatic imine (C=N–C) groups is 1. The van der Waals surface area contributed by atoms with Crippen molar-refractivity contribution in [2.24, 2.45) is 4.99 Å². The van der Waals surface area contributed by atoms with Gasteiger partial charge in [0.15, 0.2) is 12.4 Å². The molecule has 2 aliphatic heterocycles. The predicted molar refractivity (Wildman–Crippen MR) is 136 cm³/mol. The van der Waals surface area contributed by atoms with Crippen molar-refractivity contribution in [1.29, 1.82) is 0 Å². The minimum atomic E-state index is -0.328. The van der Waals surface area contributed by atoms with Gasteiger partial charge in [-0.05, 0) is 60.0 Å². The lowest BCUT2D eigenvalue weighted by Gasteiger charge is -2.21. The van der Waals surface area contributed by atoms with E-state index in [4.69, 9.17) is 4.74 Å². The molecule has 3 aromatic rings. The molecular formula is C27H25N5O4. The normalized spacial score (nSPS) is 14.6. The van der Waals surface area contributed by atoms with Crippen LogP contribution in [-0.2, 0) is 22.7 Å². The number of fused-ring (bicyclic) bond motifs is 2. The van der Waals surface area contributed by atoms with Gasteiger partial charge in [-0.25, -0.2) is 0 Å². The molecule has 182 valence electrons. The van der Waals surface area contributed by atoms with E-state index in [0.29, 0.717) is 23.5 Å². The smallest absolute Gasteiger partial charge is 0.286 e. The quantitative estimate of drug-likeness (QED) is 0.429. The second kappa shape index (κ2) is 9.91. The summed E-state index contributed by atoms with van der Waals surface area (Å²) < 4.78 is 5.36. The van der Waals surface area contributed by atoms with Crippen LogP contribution in [0.25, 0.3) is 0 Å². The lowest BCUT2D eigenvalue weighted by atomic mass is 10.0. The van der Waals surface area contributed by atoms with Crippen LogP contribution in [0.1, 0.15) is 40.0 Å². The molecule has 3 amide bonds. The highest BCUT2D eigenvalue weighted by Gasteiger charge is 2.20.